The largest absolute Gasteiger partial charge is 0.496 e. The lowest BCUT2D eigenvalue weighted by atomic mass is 9.95. The van der Waals surface area contributed by atoms with Crippen molar-refractivity contribution in [2.45, 2.75) is 26.0 Å². The van der Waals surface area contributed by atoms with Crippen LogP contribution >= 0.6 is 11.6 Å². The van der Waals surface area contributed by atoms with Gasteiger partial charge in [0.25, 0.3) is 5.91 Å². The zero-order valence-corrected chi connectivity index (χ0v) is 23.9. The second-order valence-electron chi connectivity index (χ2n) is 10.7. The first-order chi connectivity index (χ1) is 20.1. The zero-order chi connectivity index (χ0) is 29.8. The van der Waals surface area contributed by atoms with Gasteiger partial charge in [-0.2, -0.15) is 5.10 Å². The number of pyridine rings is 1. The predicted octanol–water partition coefficient (Wildman–Crippen LogP) is 4.64. The van der Waals surface area contributed by atoms with Crippen LogP contribution in [0.1, 0.15) is 40.3 Å². The molecule has 0 unspecified atom stereocenters. The van der Waals surface area contributed by atoms with Gasteiger partial charge in [0.2, 0.25) is 5.91 Å². The van der Waals surface area contributed by atoms with Crippen molar-refractivity contribution in [3.8, 4) is 39.6 Å². The maximum absolute atomic E-state index is 14.6. The quantitative estimate of drug-likeness (QED) is 0.359. The molecule has 12 heteroatoms. The molecule has 2 amide bonds. The molecule has 4 heterocycles. The van der Waals surface area contributed by atoms with Crippen molar-refractivity contribution in [3.05, 3.63) is 76.5 Å². The number of fused-ring (bicyclic) bond motifs is 3. The average molecular weight is 592 g/mol. The van der Waals surface area contributed by atoms with Crippen LogP contribution < -0.4 is 15.2 Å². The van der Waals surface area contributed by atoms with E-state index in [0.29, 0.717) is 64.9 Å². The fraction of sp³-hybridized carbons (Fsp3) is 0.267. The van der Waals surface area contributed by atoms with Gasteiger partial charge >= 0.3 is 0 Å². The third-order valence-corrected chi connectivity index (χ3v) is 7.65. The van der Waals surface area contributed by atoms with E-state index < -0.39 is 17.3 Å². The minimum absolute atomic E-state index is 0.0401. The molecule has 1 fully saturated rings. The average Bonchev–Trinajstić information content (AvgIpc) is 3.36. The molecule has 2 aromatic heterocycles. The van der Waals surface area contributed by atoms with Crippen molar-refractivity contribution in [2.75, 3.05) is 26.9 Å². The van der Waals surface area contributed by atoms with Crippen LogP contribution in [0.15, 0.2) is 48.8 Å². The number of morpholine rings is 1. The normalized spacial score (nSPS) is 15.4. The molecular formula is C30H27ClFN5O5. The molecule has 1 saturated heterocycles. The number of carbonyl (C=O) groups excluding carboxylic acids is 2. The van der Waals surface area contributed by atoms with Crippen molar-refractivity contribution in [1.29, 1.82) is 0 Å². The number of hydrogen-bond donors (Lipinski definition) is 1. The van der Waals surface area contributed by atoms with Crippen LogP contribution in [0.3, 0.4) is 0 Å². The minimum Gasteiger partial charge on any atom is -0.496 e. The maximum atomic E-state index is 14.6. The molecule has 0 saturated carbocycles. The molecule has 0 spiro atoms. The third kappa shape index (κ3) is 4.74. The van der Waals surface area contributed by atoms with Gasteiger partial charge in [-0.15, -0.1) is 0 Å². The van der Waals surface area contributed by atoms with Crippen molar-refractivity contribution in [2.24, 2.45) is 5.73 Å². The monoisotopic (exact) mass is 591 g/mol. The van der Waals surface area contributed by atoms with Gasteiger partial charge < -0.3 is 24.8 Å². The Morgan fingerprint density at radius 2 is 1.93 bits per heavy atom. The van der Waals surface area contributed by atoms with Gasteiger partial charge in [0, 0.05) is 52.3 Å². The summed E-state index contributed by atoms with van der Waals surface area (Å²) < 4.78 is 33.5. The number of primary amides is 1. The van der Waals surface area contributed by atoms with Crippen molar-refractivity contribution in [1.82, 2.24) is 19.7 Å². The summed E-state index contributed by atoms with van der Waals surface area (Å²) >= 11 is 6.24. The Hall–Kier alpha value is -4.48. The van der Waals surface area contributed by atoms with Crippen LogP contribution in [-0.2, 0) is 11.3 Å². The topological polar surface area (TPSA) is 122 Å². The first-order valence-corrected chi connectivity index (χ1v) is 13.5. The zero-order valence-electron chi connectivity index (χ0n) is 23.1. The van der Waals surface area contributed by atoms with E-state index >= 15 is 0 Å². The number of rotatable bonds is 5. The molecule has 2 aromatic carbocycles. The Morgan fingerprint density at radius 1 is 1.12 bits per heavy atom. The summed E-state index contributed by atoms with van der Waals surface area (Å²) in [6.45, 7) is 5.07. The van der Waals surface area contributed by atoms with Crippen LogP contribution in [0, 0.1) is 5.82 Å². The molecule has 0 radical (unpaired) electrons. The van der Waals surface area contributed by atoms with E-state index in [1.54, 1.807) is 35.4 Å². The number of carbonyl (C=O) groups is 2. The summed E-state index contributed by atoms with van der Waals surface area (Å²) in [6, 6.07) is 9.20. The molecule has 2 aliphatic heterocycles. The van der Waals surface area contributed by atoms with E-state index in [2.05, 4.69) is 4.98 Å². The Morgan fingerprint density at radius 3 is 2.64 bits per heavy atom. The number of methoxy groups -OCH3 is 1. The smallest absolute Gasteiger partial charge is 0.275 e. The first kappa shape index (κ1) is 27.7. The Balaban J connectivity index is 1.59. The fourth-order valence-electron chi connectivity index (χ4n) is 5.38. The summed E-state index contributed by atoms with van der Waals surface area (Å²) in [6.07, 6.45) is 2.96. The van der Waals surface area contributed by atoms with Crippen LogP contribution in [0.5, 0.6) is 11.5 Å². The predicted molar refractivity (Wildman–Crippen MR) is 153 cm³/mol. The number of halogens is 2. The molecule has 4 aromatic rings. The molecule has 2 N–H and O–H groups in total. The summed E-state index contributed by atoms with van der Waals surface area (Å²) in [5.74, 6) is -0.536. The highest BCUT2D eigenvalue weighted by Crippen LogP contribution is 2.46. The molecule has 6 rings (SSSR count). The van der Waals surface area contributed by atoms with Crippen LogP contribution in [0.2, 0.25) is 5.02 Å². The van der Waals surface area contributed by atoms with E-state index in [1.165, 1.54) is 30.1 Å². The Labute approximate surface area is 245 Å². The number of nitrogens with two attached hydrogens (primary N) is 1. The van der Waals surface area contributed by atoms with E-state index in [1.807, 2.05) is 13.8 Å². The SMILES string of the molecule is COc1cc2c(cc1-c1cncc(C(N)=O)c1)-c1c(c(C(=O)N3CCOCC3(C)C)nn1-c1cc(F)cc(Cl)c1)CO2. The lowest BCUT2D eigenvalue weighted by Crippen LogP contribution is -2.55. The van der Waals surface area contributed by atoms with Gasteiger partial charge in [0.15, 0.2) is 5.69 Å². The number of nitrogens with zero attached hydrogens (tertiary/aromatic N) is 4. The highest BCUT2D eigenvalue weighted by atomic mass is 35.5. The lowest BCUT2D eigenvalue weighted by Gasteiger charge is -2.41. The second kappa shape index (κ2) is 10.4. The van der Waals surface area contributed by atoms with Gasteiger partial charge in [0.05, 0.1) is 42.8 Å². The highest BCUT2D eigenvalue weighted by Gasteiger charge is 2.39. The second-order valence-corrected chi connectivity index (χ2v) is 11.1. The number of ether oxygens (including phenoxy) is 3. The van der Waals surface area contributed by atoms with Gasteiger partial charge in [-0.25, -0.2) is 9.07 Å². The molecule has 42 heavy (non-hydrogen) atoms. The molecule has 0 atom stereocenters. The van der Waals surface area contributed by atoms with Crippen LogP contribution in [0.4, 0.5) is 4.39 Å². The molecule has 216 valence electrons. The van der Waals surface area contributed by atoms with E-state index in [-0.39, 0.29) is 28.8 Å². The van der Waals surface area contributed by atoms with Crippen molar-refractivity contribution < 1.29 is 28.2 Å². The van der Waals surface area contributed by atoms with E-state index in [4.69, 9.17) is 36.6 Å². The first-order valence-electron chi connectivity index (χ1n) is 13.2. The molecule has 10 nitrogen and oxygen atoms in total. The third-order valence-electron chi connectivity index (χ3n) is 7.43. The molecule has 0 bridgehead atoms. The van der Waals surface area contributed by atoms with Gasteiger partial charge in [0.1, 0.15) is 23.9 Å². The number of hydrogen-bond acceptors (Lipinski definition) is 7. The fourth-order valence-corrected chi connectivity index (χ4v) is 5.59. The van der Waals surface area contributed by atoms with Gasteiger partial charge in [-0.05, 0) is 44.2 Å². The highest BCUT2D eigenvalue weighted by molar-refractivity contribution is 6.30. The van der Waals surface area contributed by atoms with Crippen LogP contribution in [0.25, 0.3) is 28.1 Å². The van der Waals surface area contributed by atoms with Crippen LogP contribution in [-0.4, -0.2) is 63.9 Å². The lowest BCUT2D eigenvalue weighted by molar-refractivity contribution is -0.0374. The Bertz CT molecular complexity index is 1730. The summed E-state index contributed by atoms with van der Waals surface area (Å²) in [5.41, 5.74) is 8.49. The number of benzene rings is 2. The minimum atomic E-state index is -0.623. The molecular weight excluding hydrogens is 565 g/mol. The van der Waals surface area contributed by atoms with Crippen molar-refractivity contribution >= 4 is 23.4 Å². The maximum Gasteiger partial charge on any atom is 0.275 e. The summed E-state index contributed by atoms with van der Waals surface area (Å²) in [7, 11) is 1.52. The number of amides is 2. The van der Waals surface area contributed by atoms with Gasteiger partial charge in [-0.3, -0.25) is 14.6 Å². The Kier molecular flexibility index (Phi) is 6.86. The standard InChI is InChI=1S/C30H27ClFN5O5/c1-30(2)15-41-5-4-36(30)29(39)26-23-14-42-25-11-24(40-3)21(16-6-17(28(33)38)13-34-12-16)10-22(25)27(23)37(35-26)20-8-18(31)7-19(32)9-20/h6-13H,4-5,14-15H2,1-3H3,(H2,33,38). The van der Waals surface area contributed by atoms with Crippen molar-refractivity contribution in [3.63, 3.8) is 0 Å². The molecule has 2 aliphatic rings. The summed E-state index contributed by atoms with van der Waals surface area (Å²) in [5, 5.41) is 4.92. The van der Waals surface area contributed by atoms with E-state index in [0.717, 1.165) is 0 Å². The van der Waals surface area contributed by atoms with E-state index in [9.17, 15) is 14.0 Å². The summed E-state index contributed by atoms with van der Waals surface area (Å²) in [4.78, 5) is 31.8. The molecule has 0 aliphatic carbocycles. The van der Waals surface area contributed by atoms with Gasteiger partial charge in [-0.1, -0.05) is 11.6 Å². The number of aromatic nitrogens is 3.